The third-order valence-electron chi connectivity index (χ3n) is 5.07. The van der Waals surface area contributed by atoms with E-state index in [4.69, 9.17) is 0 Å². The Morgan fingerprint density at radius 3 is 1.68 bits per heavy atom. The predicted octanol–water partition coefficient (Wildman–Crippen LogP) is 6.40. The van der Waals surface area contributed by atoms with Crippen molar-refractivity contribution in [2.24, 2.45) is 0 Å². The molecule has 0 spiro atoms. The molecule has 0 amide bonds. The van der Waals surface area contributed by atoms with Gasteiger partial charge in [-0.25, -0.2) is 0 Å². The van der Waals surface area contributed by atoms with Gasteiger partial charge < -0.3 is 0 Å². The molecule has 0 heterocycles. The van der Waals surface area contributed by atoms with E-state index >= 15 is 0 Å². The molecule has 0 aliphatic heterocycles. The Hall–Kier alpha value is -0.00182. The van der Waals surface area contributed by atoms with E-state index in [1.807, 2.05) is 0 Å². The van der Waals surface area contributed by atoms with E-state index in [1.54, 1.807) is 0 Å². The van der Waals surface area contributed by atoms with Crippen LogP contribution in [0.15, 0.2) is 30.3 Å². The molecule has 0 bridgehead atoms. The molecule has 1 atom stereocenters. The summed E-state index contributed by atoms with van der Waals surface area (Å²) in [6, 6.07) is 10.7. The van der Waals surface area contributed by atoms with Crippen LogP contribution in [0.2, 0.25) is 8.73 Å². The normalized spacial score (nSPS) is 12.4. The van der Waals surface area contributed by atoms with Crippen molar-refractivity contribution < 1.29 is 3.39 Å². The Morgan fingerprint density at radius 1 is 0.640 bits per heavy atom. The van der Waals surface area contributed by atoms with Crippen molar-refractivity contribution >= 4 is 20.6 Å². The Morgan fingerprint density at radius 2 is 1.12 bits per heavy atom. The molecule has 0 fully saturated rings. The SMILES string of the molecule is CCCCCCCCCCC[CH2][SbH+]([O-])[CH2]CCCCc1ccccc1. The molecule has 1 aromatic carbocycles. The molecule has 0 saturated carbocycles. The van der Waals surface area contributed by atoms with Crippen molar-refractivity contribution in [2.75, 3.05) is 0 Å². The van der Waals surface area contributed by atoms with Crippen LogP contribution in [0.4, 0.5) is 0 Å². The fourth-order valence-corrected chi connectivity index (χ4v) is 7.80. The topological polar surface area (TPSA) is 23.1 Å². The standard InChI is InChI=1S/C12H25.C11H15.O.Sb.H/c1-3-5-7-9-11-12-10-8-6-4-2;1-2-3-5-8-11-9-6-4-7-10-11;;;/h1,3-12H2,2H3;4,6-7,9-10H,1-3,5,8H2;;;/q;;-1;+1;. The first kappa shape index (κ1) is 23.0. The van der Waals surface area contributed by atoms with Crippen LogP contribution in [0.25, 0.3) is 0 Å². The molecule has 0 saturated heterocycles. The van der Waals surface area contributed by atoms with Crippen LogP contribution in [0, 0.1) is 0 Å². The molecule has 1 rings (SSSR count). The van der Waals surface area contributed by atoms with E-state index in [1.165, 1.54) is 95.5 Å². The summed E-state index contributed by atoms with van der Waals surface area (Å²) in [7, 11) is 0. The average Bonchev–Trinajstić information content (AvgIpc) is 2.64. The van der Waals surface area contributed by atoms with Gasteiger partial charge in [-0.05, 0) is 0 Å². The van der Waals surface area contributed by atoms with Crippen molar-refractivity contribution in [3.05, 3.63) is 35.9 Å². The van der Waals surface area contributed by atoms with E-state index in [2.05, 4.69) is 37.3 Å². The summed E-state index contributed by atoms with van der Waals surface area (Å²) < 4.78 is 14.4. The van der Waals surface area contributed by atoms with Crippen LogP contribution in [0.5, 0.6) is 0 Å². The molecule has 1 nitrogen and oxygen atoms in total. The maximum absolute atomic E-state index is 12.2. The van der Waals surface area contributed by atoms with E-state index < -0.39 is 20.6 Å². The zero-order valence-corrected chi connectivity index (χ0v) is 19.5. The van der Waals surface area contributed by atoms with Crippen LogP contribution < -0.4 is 3.39 Å². The van der Waals surface area contributed by atoms with Gasteiger partial charge in [0.15, 0.2) is 0 Å². The number of hydrogen-bond donors (Lipinski definition) is 0. The Labute approximate surface area is 165 Å². The second-order valence-electron chi connectivity index (χ2n) is 7.52. The zero-order valence-electron chi connectivity index (χ0n) is 16.6. The second-order valence-corrected chi connectivity index (χ2v) is 13.4. The Balaban J connectivity index is 1.80. The molecule has 25 heavy (non-hydrogen) atoms. The number of rotatable bonds is 17. The van der Waals surface area contributed by atoms with Gasteiger partial charge in [0.2, 0.25) is 0 Å². The van der Waals surface area contributed by atoms with E-state index in [0.29, 0.717) is 0 Å². The van der Waals surface area contributed by atoms with Gasteiger partial charge >= 0.3 is 165 Å². The molecule has 0 N–H and O–H groups in total. The van der Waals surface area contributed by atoms with Gasteiger partial charge in [0.25, 0.3) is 0 Å². The molecular formula is C23H41OSb. The van der Waals surface area contributed by atoms with Gasteiger partial charge in [0.05, 0.1) is 0 Å². The molecule has 1 aromatic rings. The third-order valence-corrected chi connectivity index (χ3v) is 10.3. The Kier molecular flexibility index (Phi) is 16.0. The molecule has 0 aliphatic rings. The van der Waals surface area contributed by atoms with Crippen LogP contribution >= 0.6 is 0 Å². The van der Waals surface area contributed by atoms with Gasteiger partial charge in [-0.3, -0.25) is 0 Å². The first-order valence-corrected chi connectivity index (χ1v) is 16.1. The quantitative estimate of drug-likeness (QED) is 0.197. The summed E-state index contributed by atoms with van der Waals surface area (Å²) in [5.41, 5.74) is 1.44. The summed E-state index contributed by atoms with van der Waals surface area (Å²) in [5, 5.41) is 0. The van der Waals surface area contributed by atoms with Crippen LogP contribution in [0.3, 0.4) is 0 Å². The minimum atomic E-state index is -2.20. The van der Waals surface area contributed by atoms with Gasteiger partial charge in [-0.15, -0.1) is 0 Å². The maximum atomic E-state index is 12.2. The van der Waals surface area contributed by atoms with Crippen LogP contribution in [-0.2, 0) is 6.42 Å². The first-order valence-electron chi connectivity index (χ1n) is 10.9. The van der Waals surface area contributed by atoms with E-state index in [9.17, 15) is 3.39 Å². The van der Waals surface area contributed by atoms with E-state index in [-0.39, 0.29) is 0 Å². The monoisotopic (exact) mass is 454 g/mol. The van der Waals surface area contributed by atoms with E-state index in [0.717, 1.165) is 8.73 Å². The van der Waals surface area contributed by atoms with Gasteiger partial charge in [0, 0.05) is 0 Å². The predicted molar refractivity (Wildman–Crippen MR) is 113 cm³/mol. The van der Waals surface area contributed by atoms with Crippen molar-refractivity contribution in [3.8, 4) is 0 Å². The Bertz CT molecular complexity index is 379. The van der Waals surface area contributed by atoms with Crippen molar-refractivity contribution in [2.45, 2.75) is 106 Å². The van der Waals surface area contributed by atoms with Crippen LogP contribution in [0.1, 0.15) is 96.0 Å². The first-order chi connectivity index (χ1) is 12.3. The molecule has 2 heteroatoms. The van der Waals surface area contributed by atoms with Gasteiger partial charge in [0.1, 0.15) is 0 Å². The molecule has 0 aromatic heterocycles. The second kappa shape index (κ2) is 17.4. The molecule has 0 radical (unpaired) electrons. The number of aryl methyl sites for hydroxylation is 1. The molecule has 0 aliphatic carbocycles. The summed E-state index contributed by atoms with van der Waals surface area (Å²) in [6.45, 7) is 2.28. The van der Waals surface area contributed by atoms with Crippen molar-refractivity contribution in [1.29, 1.82) is 0 Å². The number of unbranched alkanes of at least 4 members (excludes halogenated alkanes) is 11. The van der Waals surface area contributed by atoms with Crippen molar-refractivity contribution in [3.63, 3.8) is 0 Å². The number of hydrogen-bond acceptors (Lipinski definition) is 1. The fourth-order valence-electron chi connectivity index (χ4n) is 3.41. The molecule has 144 valence electrons. The summed E-state index contributed by atoms with van der Waals surface area (Å²) in [6.07, 6.45) is 18.6. The van der Waals surface area contributed by atoms with Gasteiger partial charge in [-0.2, -0.15) is 0 Å². The molecular weight excluding hydrogens is 414 g/mol. The summed E-state index contributed by atoms with van der Waals surface area (Å²) in [5.74, 6) is 0. The fraction of sp³-hybridized carbons (Fsp3) is 0.739. The summed E-state index contributed by atoms with van der Waals surface area (Å²) >= 11 is -2.20. The van der Waals surface area contributed by atoms with Crippen molar-refractivity contribution in [1.82, 2.24) is 0 Å². The van der Waals surface area contributed by atoms with Crippen LogP contribution in [-0.4, -0.2) is 20.6 Å². The average molecular weight is 455 g/mol. The van der Waals surface area contributed by atoms with Gasteiger partial charge in [-0.1, -0.05) is 0 Å². The summed E-state index contributed by atoms with van der Waals surface area (Å²) in [4.78, 5) is 0. The third kappa shape index (κ3) is 14.8. The molecule has 1 unspecified atom stereocenters. The number of benzene rings is 1. The minimum absolute atomic E-state index is 1.08. The zero-order chi connectivity index (χ0) is 18.0.